The molecule has 3 unspecified atom stereocenters. The minimum absolute atomic E-state index is 0.0312. The van der Waals surface area contributed by atoms with Crippen molar-refractivity contribution < 1.29 is 17.9 Å². The number of morpholine rings is 1. The monoisotopic (exact) mass is 366 g/mol. The molecule has 7 heteroatoms. The minimum Gasteiger partial charge on any atom is -0.372 e. The summed E-state index contributed by atoms with van der Waals surface area (Å²) in [6.07, 6.45) is 1.22. The maximum atomic E-state index is 13.0. The standard InChI is InChI=1S/C18H26N2O4S/c1-13-6-8-16(9-7-13)25(22,23)20-10-4-5-17(20)18(21)19-11-14(2)24-15(3)12-19/h6-9,14-15,17H,4-5,10-12H2,1-3H3. The molecule has 1 aromatic carbocycles. The fourth-order valence-electron chi connectivity index (χ4n) is 3.69. The van der Waals surface area contributed by atoms with E-state index in [1.165, 1.54) is 4.31 Å². The molecule has 6 nitrogen and oxygen atoms in total. The molecule has 138 valence electrons. The molecule has 2 heterocycles. The first kappa shape index (κ1) is 18.4. The summed E-state index contributed by atoms with van der Waals surface area (Å²) < 4.78 is 33.1. The Morgan fingerprint density at radius 3 is 2.32 bits per heavy atom. The topological polar surface area (TPSA) is 66.9 Å². The van der Waals surface area contributed by atoms with Gasteiger partial charge in [-0.3, -0.25) is 4.79 Å². The van der Waals surface area contributed by atoms with Crippen LogP contribution in [0.2, 0.25) is 0 Å². The van der Waals surface area contributed by atoms with E-state index in [0.29, 0.717) is 32.5 Å². The van der Waals surface area contributed by atoms with Crippen molar-refractivity contribution in [2.75, 3.05) is 19.6 Å². The first-order chi connectivity index (χ1) is 11.8. The van der Waals surface area contributed by atoms with Crippen molar-refractivity contribution >= 4 is 15.9 Å². The van der Waals surface area contributed by atoms with Crippen LogP contribution in [0.3, 0.4) is 0 Å². The summed E-state index contributed by atoms with van der Waals surface area (Å²) >= 11 is 0. The van der Waals surface area contributed by atoms with Crippen molar-refractivity contribution in [3.05, 3.63) is 29.8 Å². The Morgan fingerprint density at radius 2 is 1.72 bits per heavy atom. The molecule has 0 spiro atoms. The molecule has 0 saturated carbocycles. The number of hydrogen-bond donors (Lipinski definition) is 0. The van der Waals surface area contributed by atoms with Crippen LogP contribution in [-0.2, 0) is 19.6 Å². The summed E-state index contributed by atoms with van der Waals surface area (Å²) in [7, 11) is -3.66. The lowest BCUT2D eigenvalue weighted by molar-refractivity contribution is -0.146. The first-order valence-electron chi connectivity index (χ1n) is 8.82. The number of carbonyl (C=O) groups is 1. The van der Waals surface area contributed by atoms with E-state index >= 15 is 0 Å². The van der Waals surface area contributed by atoms with Crippen molar-refractivity contribution in [3.8, 4) is 0 Å². The van der Waals surface area contributed by atoms with Crippen LogP contribution in [0.5, 0.6) is 0 Å². The Bertz CT molecular complexity index is 722. The van der Waals surface area contributed by atoms with Gasteiger partial charge in [-0.2, -0.15) is 4.31 Å². The van der Waals surface area contributed by atoms with Crippen LogP contribution in [0, 0.1) is 6.92 Å². The van der Waals surface area contributed by atoms with E-state index in [0.717, 1.165) is 5.56 Å². The largest absolute Gasteiger partial charge is 0.372 e. The molecule has 1 aromatic rings. The number of carbonyl (C=O) groups excluding carboxylic acids is 1. The zero-order chi connectivity index (χ0) is 18.2. The lowest BCUT2D eigenvalue weighted by Crippen LogP contribution is -2.54. The molecule has 0 bridgehead atoms. The summed E-state index contributed by atoms with van der Waals surface area (Å²) in [5.74, 6) is -0.102. The minimum atomic E-state index is -3.66. The van der Waals surface area contributed by atoms with Crippen molar-refractivity contribution in [1.29, 1.82) is 0 Å². The molecule has 2 aliphatic rings. The smallest absolute Gasteiger partial charge is 0.243 e. The van der Waals surface area contributed by atoms with Gasteiger partial charge in [-0.05, 0) is 45.7 Å². The Labute approximate surface area is 149 Å². The second kappa shape index (κ2) is 7.05. The molecule has 2 saturated heterocycles. The average molecular weight is 366 g/mol. The molecular weight excluding hydrogens is 340 g/mol. The summed E-state index contributed by atoms with van der Waals surface area (Å²) in [4.78, 5) is 15.0. The third-order valence-corrected chi connectivity index (χ3v) is 6.77. The van der Waals surface area contributed by atoms with Gasteiger partial charge in [0.2, 0.25) is 15.9 Å². The first-order valence-corrected chi connectivity index (χ1v) is 10.3. The fourth-order valence-corrected chi connectivity index (χ4v) is 5.34. The van der Waals surface area contributed by atoms with E-state index in [1.54, 1.807) is 29.2 Å². The van der Waals surface area contributed by atoms with Crippen LogP contribution in [0.4, 0.5) is 0 Å². The van der Waals surface area contributed by atoms with Gasteiger partial charge in [0.15, 0.2) is 0 Å². The van der Waals surface area contributed by atoms with Gasteiger partial charge in [0.05, 0.1) is 17.1 Å². The maximum absolute atomic E-state index is 13.0. The number of ether oxygens (including phenoxy) is 1. The molecule has 1 amide bonds. The second-order valence-corrected chi connectivity index (χ2v) is 8.98. The molecular formula is C18H26N2O4S. The molecule has 0 N–H and O–H groups in total. The number of aryl methyl sites for hydroxylation is 1. The van der Waals surface area contributed by atoms with Gasteiger partial charge in [-0.1, -0.05) is 17.7 Å². The Kier molecular flexibility index (Phi) is 5.18. The lowest BCUT2D eigenvalue weighted by Gasteiger charge is -2.37. The van der Waals surface area contributed by atoms with Crippen LogP contribution in [0.25, 0.3) is 0 Å². The molecule has 2 fully saturated rings. The Balaban J connectivity index is 1.82. The second-order valence-electron chi connectivity index (χ2n) is 7.09. The normalized spacial score (nSPS) is 28.3. The third-order valence-electron chi connectivity index (χ3n) is 4.85. The summed E-state index contributed by atoms with van der Waals surface area (Å²) in [5, 5.41) is 0. The van der Waals surface area contributed by atoms with Gasteiger partial charge < -0.3 is 9.64 Å². The molecule has 3 rings (SSSR count). The summed E-state index contributed by atoms with van der Waals surface area (Å²) in [6.45, 7) is 7.20. The van der Waals surface area contributed by atoms with Crippen LogP contribution in [-0.4, -0.2) is 61.4 Å². The van der Waals surface area contributed by atoms with E-state index < -0.39 is 16.1 Å². The Hall–Kier alpha value is -1.44. The molecule has 0 aromatic heterocycles. The van der Waals surface area contributed by atoms with Crippen molar-refractivity contribution in [2.45, 2.75) is 56.8 Å². The van der Waals surface area contributed by atoms with E-state index in [4.69, 9.17) is 4.74 Å². The number of amides is 1. The van der Waals surface area contributed by atoms with E-state index in [9.17, 15) is 13.2 Å². The van der Waals surface area contributed by atoms with Gasteiger partial charge in [0, 0.05) is 19.6 Å². The zero-order valence-electron chi connectivity index (χ0n) is 15.0. The fraction of sp³-hybridized carbons (Fsp3) is 0.611. The quantitative estimate of drug-likeness (QED) is 0.818. The predicted octanol–water partition coefficient (Wildman–Crippen LogP) is 1.78. The van der Waals surface area contributed by atoms with Gasteiger partial charge in [-0.15, -0.1) is 0 Å². The highest BCUT2D eigenvalue weighted by molar-refractivity contribution is 7.89. The number of hydrogen-bond acceptors (Lipinski definition) is 4. The van der Waals surface area contributed by atoms with Gasteiger partial charge in [0.25, 0.3) is 0 Å². The van der Waals surface area contributed by atoms with E-state index in [2.05, 4.69) is 0 Å². The highest BCUT2D eigenvalue weighted by atomic mass is 32.2. The van der Waals surface area contributed by atoms with Gasteiger partial charge >= 0.3 is 0 Å². The third kappa shape index (κ3) is 3.73. The molecule has 3 atom stereocenters. The molecule has 25 heavy (non-hydrogen) atoms. The Morgan fingerprint density at radius 1 is 1.12 bits per heavy atom. The van der Waals surface area contributed by atoms with E-state index in [-0.39, 0.29) is 23.0 Å². The SMILES string of the molecule is Cc1ccc(S(=O)(=O)N2CCCC2C(=O)N2CC(C)OC(C)C2)cc1. The highest BCUT2D eigenvalue weighted by Crippen LogP contribution is 2.28. The van der Waals surface area contributed by atoms with E-state index in [1.807, 2.05) is 20.8 Å². The van der Waals surface area contributed by atoms with Crippen LogP contribution >= 0.6 is 0 Å². The average Bonchev–Trinajstić information content (AvgIpc) is 3.04. The summed E-state index contributed by atoms with van der Waals surface area (Å²) in [5.41, 5.74) is 1.00. The molecule has 2 aliphatic heterocycles. The van der Waals surface area contributed by atoms with Crippen molar-refractivity contribution in [2.24, 2.45) is 0 Å². The zero-order valence-corrected chi connectivity index (χ0v) is 15.8. The van der Waals surface area contributed by atoms with Crippen LogP contribution in [0.1, 0.15) is 32.3 Å². The number of benzene rings is 1. The highest BCUT2D eigenvalue weighted by Gasteiger charge is 2.42. The van der Waals surface area contributed by atoms with Crippen molar-refractivity contribution in [1.82, 2.24) is 9.21 Å². The predicted molar refractivity (Wildman–Crippen MR) is 94.7 cm³/mol. The molecule has 0 radical (unpaired) electrons. The number of sulfonamides is 1. The number of rotatable bonds is 3. The number of nitrogens with zero attached hydrogens (tertiary/aromatic N) is 2. The van der Waals surface area contributed by atoms with Crippen molar-refractivity contribution in [3.63, 3.8) is 0 Å². The van der Waals surface area contributed by atoms with Gasteiger partial charge in [-0.25, -0.2) is 8.42 Å². The van der Waals surface area contributed by atoms with Crippen LogP contribution < -0.4 is 0 Å². The molecule has 0 aliphatic carbocycles. The maximum Gasteiger partial charge on any atom is 0.243 e. The van der Waals surface area contributed by atoms with Crippen LogP contribution in [0.15, 0.2) is 29.2 Å². The lowest BCUT2D eigenvalue weighted by atomic mass is 10.1. The van der Waals surface area contributed by atoms with Gasteiger partial charge in [0.1, 0.15) is 6.04 Å². The summed E-state index contributed by atoms with van der Waals surface area (Å²) in [6, 6.07) is 6.19.